The van der Waals surface area contributed by atoms with Crippen LogP contribution in [0.4, 0.5) is 5.69 Å². The average molecular weight is 555 g/mol. The van der Waals surface area contributed by atoms with Gasteiger partial charge in [-0.2, -0.15) is 0 Å². The molecule has 3 aromatic rings. The first-order valence-electron chi connectivity index (χ1n) is 15.1. The van der Waals surface area contributed by atoms with Crippen molar-refractivity contribution >= 4 is 17.5 Å². The first kappa shape index (κ1) is 30.4. The van der Waals surface area contributed by atoms with Gasteiger partial charge in [0.2, 0.25) is 0 Å². The summed E-state index contributed by atoms with van der Waals surface area (Å²) in [5.74, 6) is 0.608. The standard InChI is InChI=1S/C35H46N4O2/c1-6-20-39(25-27-16-21-38(22-17-27)34(41)30-14-18-36-19-15-30)26(2)23-28-8-7-9-32(24-28)37-33(40)29-10-12-31(13-11-29)35(3,4)5/h7-15,18-19,24,26-27H,6,16-17,20-23,25H2,1-5H3,(H,37,40). The van der Waals surface area contributed by atoms with Crippen molar-refractivity contribution in [3.63, 3.8) is 0 Å². The van der Waals surface area contributed by atoms with E-state index in [1.807, 2.05) is 41.3 Å². The second kappa shape index (κ2) is 13.9. The third-order valence-electron chi connectivity index (χ3n) is 8.18. The number of nitrogens with zero attached hydrogens (tertiary/aromatic N) is 3. The Labute approximate surface area is 246 Å². The molecule has 1 aliphatic heterocycles. The van der Waals surface area contributed by atoms with Crippen LogP contribution in [0.2, 0.25) is 0 Å². The van der Waals surface area contributed by atoms with Gasteiger partial charge in [-0.25, -0.2) is 0 Å². The Morgan fingerprint density at radius 1 is 1.00 bits per heavy atom. The van der Waals surface area contributed by atoms with Crippen LogP contribution in [0.1, 0.15) is 85.7 Å². The van der Waals surface area contributed by atoms with Crippen LogP contribution >= 0.6 is 0 Å². The molecule has 1 atom stereocenters. The molecular weight excluding hydrogens is 508 g/mol. The third kappa shape index (κ3) is 8.49. The molecule has 6 nitrogen and oxygen atoms in total. The minimum Gasteiger partial charge on any atom is -0.339 e. The maximum absolute atomic E-state index is 12.9. The largest absolute Gasteiger partial charge is 0.339 e. The van der Waals surface area contributed by atoms with Crippen LogP contribution in [0.5, 0.6) is 0 Å². The highest BCUT2D eigenvalue weighted by molar-refractivity contribution is 6.04. The minimum absolute atomic E-state index is 0.0581. The molecule has 1 fully saturated rings. The van der Waals surface area contributed by atoms with Gasteiger partial charge >= 0.3 is 0 Å². The maximum atomic E-state index is 12.9. The van der Waals surface area contributed by atoms with Crippen molar-refractivity contribution < 1.29 is 9.59 Å². The fraction of sp³-hybridized carbons (Fsp3) is 0.457. The number of likely N-dealkylation sites (tertiary alicyclic amines) is 1. The molecule has 0 aliphatic carbocycles. The summed E-state index contributed by atoms with van der Waals surface area (Å²) in [5, 5.41) is 3.09. The second-order valence-corrected chi connectivity index (χ2v) is 12.5. The van der Waals surface area contributed by atoms with Crippen molar-refractivity contribution in [2.24, 2.45) is 5.92 Å². The fourth-order valence-corrected chi connectivity index (χ4v) is 5.68. The zero-order valence-corrected chi connectivity index (χ0v) is 25.4. The Hall–Kier alpha value is -3.51. The van der Waals surface area contributed by atoms with Gasteiger partial charge in [-0.1, -0.05) is 52.0 Å². The number of carbonyl (C=O) groups is 2. The highest BCUT2D eigenvalue weighted by Crippen LogP contribution is 2.24. The Morgan fingerprint density at radius 3 is 2.32 bits per heavy atom. The van der Waals surface area contributed by atoms with E-state index in [1.165, 1.54) is 11.1 Å². The predicted octanol–water partition coefficient (Wildman–Crippen LogP) is 6.83. The molecule has 1 aromatic heterocycles. The zero-order valence-electron chi connectivity index (χ0n) is 25.4. The molecule has 0 saturated carbocycles. The number of benzene rings is 2. The number of anilines is 1. The van der Waals surface area contributed by atoms with Crippen LogP contribution < -0.4 is 5.32 Å². The Balaban J connectivity index is 1.31. The van der Waals surface area contributed by atoms with E-state index in [0.717, 1.165) is 63.1 Å². The Kier molecular flexibility index (Phi) is 10.3. The molecule has 2 amide bonds. The van der Waals surface area contributed by atoms with Gasteiger partial charge in [-0.3, -0.25) is 14.6 Å². The van der Waals surface area contributed by atoms with E-state index in [0.29, 0.717) is 17.5 Å². The number of hydrogen-bond donors (Lipinski definition) is 1. The maximum Gasteiger partial charge on any atom is 0.255 e. The summed E-state index contributed by atoms with van der Waals surface area (Å²) < 4.78 is 0. The molecular formula is C35H46N4O2. The molecule has 1 aliphatic rings. The zero-order chi connectivity index (χ0) is 29.4. The van der Waals surface area contributed by atoms with Gasteiger partial charge in [0.15, 0.2) is 0 Å². The van der Waals surface area contributed by atoms with E-state index in [4.69, 9.17) is 0 Å². The molecule has 4 rings (SSSR count). The molecule has 218 valence electrons. The summed E-state index contributed by atoms with van der Waals surface area (Å²) in [6.45, 7) is 14.8. The lowest BCUT2D eigenvalue weighted by Gasteiger charge is -2.37. The van der Waals surface area contributed by atoms with E-state index in [-0.39, 0.29) is 17.2 Å². The number of hydrogen-bond acceptors (Lipinski definition) is 4. The molecule has 2 aromatic carbocycles. The molecule has 2 heterocycles. The SMILES string of the molecule is CCCN(CC1CCN(C(=O)c2ccncc2)CC1)C(C)Cc1cccc(NC(=O)c2ccc(C(C)(C)C)cc2)c1. The molecule has 6 heteroatoms. The lowest BCUT2D eigenvalue weighted by Crippen LogP contribution is -2.44. The number of amides is 2. The third-order valence-corrected chi connectivity index (χ3v) is 8.18. The first-order valence-corrected chi connectivity index (χ1v) is 15.1. The molecule has 1 N–H and O–H groups in total. The van der Waals surface area contributed by atoms with E-state index < -0.39 is 0 Å². The second-order valence-electron chi connectivity index (χ2n) is 12.5. The monoisotopic (exact) mass is 554 g/mol. The number of rotatable bonds is 10. The summed E-state index contributed by atoms with van der Waals surface area (Å²) in [4.78, 5) is 34.4. The highest BCUT2D eigenvalue weighted by atomic mass is 16.2. The van der Waals surface area contributed by atoms with Crippen molar-refractivity contribution in [1.29, 1.82) is 0 Å². The van der Waals surface area contributed by atoms with Gasteiger partial charge < -0.3 is 15.1 Å². The first-order chi connectivity index (χ1) is 19.6. The minimum atomic E-state index is -0.0861. The van der Waals surface area contributed by atoms with Crippen LogP contribution in [-0.4, -0.2) is 58.8 Å². The lowest BCUT2D eigenvalue weighted by molar-refractivity contribution is 0.0651. The van der Waals surface area contributed by atoms with E-state index in [9.17, 15) is 9.59 Å². The number of nitrogens with one attached hydrogen (secondary N) is 1. The van der Waals surface area contributed by atoms with Gasteiger partial charge in [-0.05, 0) is 98.0 Å². The average Bonchev–Trinajstić information content (AvgIpc) is 2.97. The molecule has 0 bridgehead atoms. The predicted molar refractivity (Wildman–Crippen MR) is 167 cm³/mol. The molecule has 1 unspecified atom stereocenters. The van der Waals surface area contributed by atoms with Crippen molar-refractivity contribution in [2.75, 3.05) is 31.5 Å². The van der Waals surface area contributed by atoms with E-state index >= 15 is 0 Å². The van der Waals surface area contributed by atoms with Gasteiger partial charge in [0, 0.05) is 54.9 Å². The van der Waals surface area contributed by atoms with Crippen molar-refractivity contribution in [1.82, 2.24) is 14.8 Å². The van der Waals surface area contributed by atoms with Crippen LogP contribution in [0, 0.1) is 5.92 Å². The Morgan fingerprint density at radius 2 is 1.68 bits per heavy atom. The van der Waals surface area contributed by atoms with Crippen molar-refractivity contribution in [2.45, 2.75) is 71.8 Å². The number of carbonyl (C=O) groups excluding carboxylic acids is 2. The Bertz CT molecular complexity index is 1280. The molecule has 1 saturated heterocycles. The van der Waals surface area contributed by atoms with Gasteiger partial charge in [0.25, 0.3) is 11.8 Å². The highest BCUT2D eigenvalue weighted by Gasteiger charge is 2.26. The van der Waals surface area contributed by atoms with Crippen LogP contribution in [0.3, 0.4) is 0 Å². The number of pyridine rings is 1. The van der Waals surface area contributed by atoms with Crippen LogP contribution in [0.25, 0.3) is 0 Å². The van der Waals surface area contributed by atoms with Crippen molar-refractivity contribution in [3.8, 4) is 0 Å². The van der Waals surface area contributed by atoms with Crippen molar-refractivity contribution in [3.05, 3.63) is 95.3 Å². The summed E-state index contributed by atoms with van der Waals surface area (Å²) in [7, 11) is 0. The smallest absolute Gasteiger partial charge is 0.255 e. The molecule has 0 radical (unpaired) electrons. The number of piperidine rings is 1. The fourth-order valence-electron chi connectivity index (χ4n) is 5.68. The summed E-state index contributed by atoms with van der Waals surface area (Å²) in [6.07, 6.45) is 7.44. The van der Waals surface area contributed by atoms with Gasteiger partial charge in [0.1, 0.15) is 0 Å². The lowest BCUT2D eigenvalue weighted by atomic mass is 9.87. The van der Waals surface area contributed by atoms with Gasteiger partial charge in [-0.15, -0.1) is 0 Å². The van der Waals surface area contributed by atoms with Gasteiger partial charge in [0.05, 0.1) is 0 Å². The van der Waals surface area contributed by atoms with E-state index in [2.05, 4.69) is 62.0 Å². The van der Waals surface area contributed by atoms with E-state index in [1.54, 1.807) is 24.5 Å². The normalized spacial score (nSPS) is 15.1. The summed E-state index contributed by atoms with van der Waals surface area (Å²) in [6, 6.07) is 20.1. The number of aromatic nitrogens is 1. The topological polar surface area (TPSA) is 65.5 Å². The molecule has 41 heavy (non-hydrogen) atoms. The van der Waals surface area contributed by atoms with Crippen LogP contribution in [0.15, 0.2) is 73.1 Å². The van der Waals surface area contributed by atoms with Crippen LogP contribution in [-0.2, 0) is 11.8 Å². The molecule has 0 spiro atoms. The summed E-state index contributed by atoms with van der Waals surface area (Å²) >= 11 is 0. The summed E-state index contributed by atoms with van der Waals surface area (Å²) in [5.41, 5.74) is 4.70. The quantitative estimate of drug-likeness (QED) is 0.298.